The van der Waals surface area contributed by atoms with Gasteiger partial charge in [0.05, 0.1) is 16.0 Å². The van der Waals surface area contributed by atoms with Gasteiger partial charge >= 0.3 is 10.1 Å². The zero-order valence-corrected chi connectivity index (χ0v) is 34.4. The van der Waals surface area contributed by atoms with Gasteiger partial charge in [-0.15, -0.1) is 20.5 Å². The van der Waals surface area contributed by atoms with Crippen molar-refractivity contribution in [2.75, 3.05) is 16.8 Å². The second-order valence-electron chi connectivity index (χ2n) is 10.8. The lowest BCUT2D eigenvalue weighted by atomic mass is 10.1. The fourth-order valence-electron chi connectivity index (χ4n) is 4.74. The number of benzene rings is 4. The van der Waals surface area contributed by atoms with E-state index in [1.54, 1.807) is 0 Å². The van der Waals surface area contributed by atoms with E-state index in [0.29, 0.717) is 30.3 Å². The topological polar surface area (TPSA) is 433 Å². The lowest BCUT2D eigenvalue weighted by Gasteiger charge is -2.14. The Morgan fingerprint density at radius 2 is 1.19 bits per heavy atom. The van der Waals surface area contributed by atoms with Gasteiger partial charge in [-0.3, -0.25) is 18.2 Å². The first kappa shape index (κ1) is 44.2. The highest BCUT2D eigenvalue weighted by Crippen LogP contribution is 2.49. The largest absolute Gasteiger partial charge is 0.505 e. The molecule has 308 valence electrons. The Labute approximate surface area is 343 Å². The van der Waals surface area contributed by atoms with Crippen molar-refractivity contribution in [1.29, 1.82) is 0 Å². The van der Waals surface area contributed by atoms with Crippen LogP contribution in [-0.2, 0) is 53.1 Å². The first-order chi connectivity index (χ1) is 26.6. The number of nitrogens with two attached hydrogens (primary N) is 2. The minimum absolute atomic E-state index is 0.0782. The number of azo groups is 2. The van der Waals surface area contributed by atoms with Crippen LogP contribution >= 0.6 is 34.6 Å². The summed E-state index contributed by atoms with van der Waals surface area (Å²) in [4.78, 5) is 5.74. The summed E-state index contributed by atoms with van der Waals surface area (Å²) in [7, 11) is -25.8. The number of nitrogen functional groups attached to an aromatic ring is 2. The number of hydrogen-bond donors (Lipinski definition) is 8. The molecule has 0 unspecified atom stereocenters. The maximum atomic E-state index is 13.0. The van der Waals surface area contributed by atoms with Crippen LogP contribution in [0, 0.1) is 0 Å². The van der Waals surface area contributed by atoms with E-state index in [4.69, 9.17) is 23.1 Å². The third kappa shape index (κ3) is 9.52. The van der Waals surface area contributed by atoms with Crippen LogP contribution in [-0.4, -0.2) is 80.4 Å². The average Bonchev–Trinajstić information content (AvgIpc) is 3.08. The molecule has 0 bridgehead atoms. The standard InChI is InChI=1S/C25H18ClIN10O16S5/c26-23-31-24(29)33-25(32-23)30-10-1-3-14(55(42,43)44)12(7-10)34-37-21-16(57(48,49)50)5-9-6-17(58(51,52)53-27)20(19(28)18(9)22(21)38)36-35-13-8-11(54(39,40)41)2-4-15(13)56(45,46)47/h1-8,38H,28H2,(H,39,40,41)(H,42,43,44)(H,45,46,47)(H,48,49,50)(H3,29,30,31,32,33). The summed E-state index contributed by atoms with van der Waals surface area (Å²) in [5.74, 6) is -1.91. The van der Waals surface area contributed by atoms with Crippen LogP contribution in [0.3, 0.4) is 0 Å². The number of nitrogens with one attached hydrogen (secondary N) is 1. The lowest BCUT2D eigenvalue weighted by Crippen LogP contribution is -2.05. The minimum Gasteiger partial charge on any atom is -0.505 e. The van der Waals surface area contributed by atoms with E-state index in [9.17, 15) is 65.4 Å². The number of phenolic OH excluding ortho intramolecular Hbond substituents is 1. The van der Waals surface area contributed by atoms with Crippen molar-refractivity contribution in [3.05, 3.63) is 53.8 Å². The summed E-state index contributed by atoms with van der Waals surface area (Å²) in [6.45, 7) is 0. The van der Waals surface area contributed by atoms with Gasteiger partial charge in [-0.25, -0.2) is 0 Å². The third-order valence-electron chi connectivity index (χ3n) is 7.08. The van der Waals surface area contributed by atoms with Gasteiger partial charge in [0.1, 0.15) is 65.3 Å². The van der Waals surface area contributed by atoms with E-state index in [-0.39, 0.29) is 22.9 Å². The minimum atomic E-state index is -5.46. The molecule has 10 N–H and O–H groups in total. The molecule has 5 aromatic rings. The van der Waals surface area contributed by atoms with Crippen LogP contribution in [0.5, 0.6) is 5.75 Å². The van der Waals surface area contributed by atoms with E-state index < -0.39 is 120 Å². The Balaban J connectivity index is 1.80. The molecule has 0 aliphatic heterocycles. The second-order valence-corrected chi connectivity index (χ2v) is 19.3. The summed E-state index contributed by atoms with van der Waals surface area (Å²) in [6, 6.07) is 5.38. The van der Waals surface area contributed by atoms with E-state index in [0.717, 1.165) is 41.2 Å². The SMILES string of the molecule is Nc1nc(Cl)nc(Nc2ccc(S(=O)(=O)O)c(N=Nc3c(S(=O)(=O)O)cc4cc(S(=O)(=O)OI)c(N=Nc5cc(S(=O)(=O)O)ccc5S(=O)(=O)O)c(N)c4c3O)c2)n1. The van der Waals surface area contributed by atoms with Gasteiger partial charge in [0, 0.05) is 5.69 Å². The van der Waals surface area contributed by atoms with Gasteiger partial charge in [0.25, 0.3) is 40.5 Å². The molecule has 0 radical (unpaired) electrons. The van der Waals surface area contributed by atoms with Gasteiger partial charge in [-0.2, -0.15) is 59.6 Å². The molecule has 1 aromatic heterocycles. The highest BCUT2D eigenvalue weighted by molar-refractivity contribution is 14.1. The van der Waals surface area contributed by atoms with Crippen LogP contribution in [0.4, 0.5) is 46.0 Å². The van der Waals surface area contributed by atoms with Crippen molar-refractivity contribution in [2.24, 2.45) is 20.5 Å². The molecule has 33 heteroatoms. The second kappa shape index (κ2) is 15.7. The number of hydrogen-bond acceptors (Lipinski definition) is 22. The fourth-order valence-corrected chi connectivity index (χ4v) is 8.58. The summed E-state index contributed by atoms with van der Waals surface area (Å²) >= 11 is 6.68. The molecular formula is C25H18ClIN10O16S5. The summed E-state index contributed by atoms with van der Waals surface area (Å²) < 4.78 is 167. The predicted octanol–water partition coefficient (Wildman–Crippen LogP) is 4.16. The van der Waals surface area contributed by atoms with Crippen molar-refractivity contribution >= 4 is 142 Å². The van der Waals surface area contributed by atoms with Crippen molar-refractivity contribution < 1.29 is 67.9 Å². The Morgan fingerprint density at radius 1 is 0.655 bits per heavy atom. The van der Waals surface area contributed by atoms with Crippen molar-refractivity contribution in [1.82, 2.24) is 15.0 Å². The normalized spacial score (nSPS) is 13.1. The number of phenols is 1. The monoisotopic (exact) mass is 1040 g/mol. The average molecular weight is 1040 g/mol. The summed E-state index contributed by atoms with van der Waals surface area (Å²) in [5.41, 5.74) is 6.79. The number of aromatic nitrogens is 3. The number of fused-ring (bicyclic) bond motifs is 1. The number of anilines is 4. The Morgan fingerprint density at radius 3 is 1.72 bits per heavy atom. The van der Waals surface area contributed by atoms with E-state index in [1.807, 2.05) is 0 Å². The Kier molecular flexibility index (Phi) is 12.0. The predicted molar refractivity (Wildman–Crippen MR) is 205 cm³/mol. The molecule has 0 spiro atoms. The van der Waals surface area contributed by atoms with Crippen LogP contribution in [0.25, 0.3) is 10.8 Å². The molecule has 0 aliphatic carbocycles. The molecular weight excluding hydrogens is 1020 g/mol. The van der Waals surface area contributed by atoms with Crippen LogP contribution < -0.4 is 16.8 Å². The maximum absolute atomic E-state index is 13.0. The molecule has 26 nitrogen and oxygen atoms in total. The lowest BCUT2D eigenvalue weighted by molar-refractivity contribution is 0.472. The van der Waals surface area contributed by atoms with Crippen molar-refractivity contribution in [3.63, 3.8) is 0 Å². The first-order valence-corrected chi connectivity index (χ1v) is 22.7. The van der Waals surface area contributed by atoms with Crippen LogP contribution in [0.1, 0.15) is 0 Å². The van der Waals surface area contributed by atoms with Crippen LogP contribution in [0.15, 0.2) is 93.5 Å². The fraction of sp³-hybridized carbons (Fsp3) is 0. The molecule has 0 fully saturated rings. The molecule has 1 heterocycles. The maximum Gasteiger partial charge on any atom is 0.308 e. The van der Waals surface area contributed by atoms with Gasteiger partial charge < -0.3 is 21.9 Å². The molecule has 0 atom stereocenters. The molecule has 0 saturated heterocycles. The summed E-state index contributed by atoms with van der Waals surface area (Å²) in [5, 5.41) is 26.6. The van der Waals surface area contributed by atoms with Gasteiger partial charge in [-0.05, 0) is 65.5 Å². The molecule has 5 rings (SSSR count). The number of rotatable bonds is 12. The quantitative estimate of drug-likeness (QED) is 0.0376. The third-order valence-corrected chi connectivity index (χ3v) is 13.2. The number of halogens is 2. The molecule has 0 amide bonds. The van der Waals surface area contributed by atoms with E-state index in [1.165, 1.54) is 0 Å². The van der Waals surface area contributed by atoms with Crippen molar-refractivity contribution in [3.8, 4) is 5.75 Å². The smallest absolute Gasteiger partial charge is 0.308 e. The first-order valence-electron chi connectivity index (χ1n) is 14.2. The summed E-state index contributed by atoms with van der Waals surface area (Å²) in [6.07, 6.45) is 0. The van der Waals surface area contributed by atoms with E-state index >= 15 is 0 Å². The molecule has 0 saturated carbocycles. The number of aromatic hydroxyl groups is 1. The molecule has 0 aliphatic rings. The van der Waals surface area contributed by atoms with Crippen LogP contribution in [0.2, 0.25) is 5.28 Å². The van der Waals surface area contributed by atoms with Crippen molar-refractivity contribution in [2.45, 2.75) is 24.5 Å². The van der Waals surface area contributed by atoms with Gasteiger partial charge in [0.15, 0.2) is 5.75 Å². The highest BCUT2D eigenvalue weighted by Gasteiger charge is 2.30. The Hall–Kier alpha value is -4.88. The van der Waals surface area contributed by atoms with Gasteiger partial charge in [-0.1, -0.05) is 0 Å². The van der Waals surface area contributed by atoms with E-state index in [2.05, 4.69) is 43.2 Å². The molecule has 4 aromatic carbocycles. The molecule has 58 heavy (non-hydrogen) atoms. The Bertz CT molecular complexity index is 3190. The highest BCUT2D eigenvalue weighted by atomic mass is 127. The zero-order valence-electron chi connectivity index (χ0n) is 27.4. The zero-order chi connectivity index (χ0) is 43.3. The number of nitrogens with zero attached hydrogens (tertiary/aromatic N) is 7. The van der Waals surface area contributed by atoms with Gasteiger partial charge in [0.2, 0.25) is 17.2 Å².